The van der Waals surface area contributed by atoms with Gasteiger partial charge in [0.15, 0.2) is 0 Å². The molecular formula is C16H24N4O3. The molecular weight excluding hydrogens is 296 g/mol. The summed E-state index contributed by atoms with van der Waals surface area (Å²) < 4.78 is 7.17. The molecule has 1 N–H and O–H groups in total. The van der Waals surface area contributed by atoms with E-state index in [0.29, 0.717) is 39.4 Å². The van der Waals surface area contributed by atoms with Crippen LogP contribution in [0.1, 0.15) is 31.7 Å². The van der Waals surface area contributed by atoms with Crippen molar-refractivity contribution < 1.29 is 14.3 Å². The highest BCUT2D eigenvalue weighted by molar-refractivity contribution is 5.79. The summed E-state index contributed by atoms with van der Waals surface area (Å²) in [5.74, 6) is 0.182. The van der Waals surface area contributed by atoms with E-state index in [1.807, 2.05) is 29.5 Å². The highest BCUT2D eigenvalue weighted by atomic mass is 16.5. The topological polar surface area (TPSA) is 76.5 Å². The fraction of sp³-hybridized carbons (Fsp3) is 0.688. The molecule has 7 nitrogen and oxygen atoms in total. The second-order valence-corrected chi connectivity index (χ2v) is 6.54. The molecule has 1 saturated heterocycles. The van der Waals surface area contributed by atoms with Crippen LogP contribution >= 0.6 is 0 Å². The fourth-order valence-electron chi connectivity index (χ4n) is 3.03. The molecule has 3 rings (SSSR count). The molecule has 7 heteroatoms. The molecule has 1 aromatic heterocycles. The maximum atomic E-state index is 12.1. The monoisotopic (exact) mass is 320 g/mol. The Hall–Kier alpha value is -1.89. The van der Waals surface area contributed by atoms with Crippen molar-refractivity contribution in [1.82, 2.24) is 20.0 Å². The highest BCUT2D eigenvalue weighted by Crippen LogP contribution is 2.16. The van der Waals surface area contributed by atoms with E-state index < -0.39 is 0 Å². The molecule has 1 aromatic rings. The van der Waals surface area contributed by atoms with E-state index in [4.69, 9.17) is 4.74 Å². The van der Waals surface area contributed by atoms with Crippen molar-refractivity contribution in [3.05, 3.63) is 17.5 Å². The first kappa shape index (κ1) is 16.0. The molecule has 23 heavy (non-hydrogen) atoms. The van der Waals surface area contributed by atoms with Gasteiger partial charge in [-0.1, -0.05) is 13.8 Å². The second-order valence-electron chi connectivity index (χ2n) is 6.54. The van der Waals surface area contributed by atoms with Gasteiger partial charge in [0.25, 0.3) is 0 Å². The summed E-state index contributed by atoms with van der Waals surface area (Å²) in [6, 6.07) is 1.98. The van der Waals surface area contributed by atoms with Crippen molar-refractivity contribution in [1.29, 1.82) is 0 Å². The molecule has 126 valence electrons. The molecule has 0 saturated carbocycles. The number of nitrogens with zero attached hydrogens (tertiary/aromatic N) is 3. The van der Waals surface area contributed by atoms with Crippen LogP contribution in [0.15, 0.2) is 6.07 Å². The van der Waals surface area contributed by atoms with Crippen LogP contribution in [0.25, 0.3) is 0 Å². The van der Waals surface area contributed by atoms with Crippen LogP contribution in [-0.4, -0.2) is 46.3 Å². The van der Waals surface area contributed by atoms with Crippen molar-refractivity contribution in [3.63, 3.8) is 0 Å². The summed E-state index contributed by atoms with van der Waals surface area (Å²) in [5, 5.41) is 7.45. The molecule has 2 aliphatic rings. The number of aromatic nitrogens is 2. The van der Waals surface area contributed by atoms with E-state index >= 15 is 0 Å². The van der Waals surface area contributed by atoms with Gasteiger partial charge in [-0.15, -0.1) is 0 Å². The van der Waals surface area contributed by atoms with Crippen LogP contribution in [0.2, 0.25) is 0 Å². The van der Waals surface area contributed by atoms with Crippen LogP contribution < -0.4 is 5.32 Å². The first-order chi connectivity index (χ1) is 11.0. The zero-order valence-electron chi connectivity index (χ0n) is 13.7. The lowest BCUT2D eigenvalue weighted by molar-refractivity contribution is -0.136. The second kappa shape index (κ2) is 6.70. The third kappa shape index (κ3) is 3.55. The van der Waals surface area contributed by atoms with Gasteiger partial charge in [0.2, 0.25) is 11.8 Å². The lowest BCUT2D eigenvalue weighted by Gasteiger charge is -2.29. The van der Waals surface area contributed by atoms with Crippen molar-refractivity contribution in [2.24, 2.45) is 11.8 Å². The molecule has 1 fully saturated rings. The third-order valence-electron chi connectivity index (χ3n) is 4.40. The average Bonchev–Trinajstić information content (AvgIpc) is 3.19. The summed E-state index contributed by atoms with van der Waals surface area (Å²) in [5.41, 5.74) is 1.87. The molecule has 0 aromatic carbocycles. The van der Waals surface area contributed by atoms with Gasteiger partial charge < -0.3 is 15.0 Å². The Kier molecular flexibility index (Phi) is 4.66. The van der Waals surface area contributed by atoms with Crippen LogP contribution in [0.4, 0.5) is 0 Å². The molecule has 0 aliphatic carbocycles. The number of carbonyl (C=O) groups excluding carboxylic acids is 2. The first-order valence-corrected chi connectivity index (χ1v) is 8.24. The van der Waals surface area contributed by atoms with E-state index in [2.05, 4.69) is 10.4 Å². The molecule has 2 amide bonds. The quantitative estimate of drug-likeness (QED) is 0.878. The van der Waals surface area contributed by atoms with Crippen LogP contribution in [0.5, 0.6) is 0 Å². The van der Waals surface area contributed by atoms with Crippen molar-refractivity contribution in [2.75, 3.05) is 19.8 Å². The zero-order chi connectivity index (χ0) is 16.4. The van der Waals surface area contributed by atoms with E-state index in [0.717, 1.165) is 17.8 Å². The Balaban J connectivity index is 1.57. The number of nitrogens with one attached hydrogen (secondary N) is 1. The van der Waals surface area contributed by atoms with Gasteiger partial charge in [0, 0.05) is 19.1 Å². The van der Waals surface area contributed by atoms with E-state index in [1.54, 1.807) is 0 Å². The van der Waals surface area contributed by atoms with Crippen LogP contribution in [-0.2, 0) is 34.0 Å². The maximum Gasteiger partial charge on any atom is 0.225 e. The minimum atomic E-state index is -0.0357. The van der Waals surface area contributed by atoms with Gasteiger partial charge in [-0.2, -0.15) is 5.10 Å². The van der Waals surface area contributed by atoms with Gasteiger partial charge in [-0.25, -0.2) is 0 Å². The van der Waals surface area contributed by atoms with E-state index in [1.165, 1.54) is 0 Å². The Bertz CT molecular complexity index is 590. The molecule has 0 bridgehead atoms. The van der Waals surface area contributed by atoms with Crippen molar-refractivity contribution in [3.8, 4) is 0 Å². The van der Waals surface area contributed by atoms with E-state index in [9.17, 15) is 9.59 Å². The minimum absolute atomic E-state index is 0.0110. The van der Waals surface area contributed by atoms with Crippen LogP contribution in [0, 0.1) is 11.8 Å². The number of carbonyl (C=O) groups is 2. The largest absolute Gasteiger partial charge is 0.381 e. The Morgan fingerprint density at radius 2 is 2.26 bits per heavy atom. The van der Waals surface area contributed by atoms with Gasteiger partial charge >= 0.3 is 0 Å². The molecule has 3 heterocycles. The Morgan fingerprint density at radius 1 is 1.43 bits per heavy atom. The minimum Gasteiger partial charge on any atom is -0.381 e. The predicted octanol–water partition coefficient (Wildman–Crippen LogP) is 0.534. The SMILES string of the molecule is CC(C)C(=O)N1CCn2nc(CNC(=O)[C@H]3CCOC3)cc2C1. The fourth-order valence-corrected chi connectivity index (χ4v) is 3.03. The Labute approximate surface area is 136 Å². The van der Waals surface area contributed by atoms with Gasteiger partial charge in [0.1, 0.15) is 0 Å². The molecule has 0 spiro atoms. The number of rotatable bonds is 4. The van der Waals surface area contributed by atoms with Gasteiger partial charge in [0.05, 0.1) is 43.5 Å². The lowest BCUT2D eigenvalue weighted by Crippen LogP contribution is -2.40. The van der Waals surface area contributed by atoms with Gasteiger partial charge in [-0.05, 0) is 12.5 Å². The van der Waals surface area contributed by atoms with E-state index in [-0.39, 0.29) is 23.7 Å². The zero-order valence-corrected chi connectivity index (χ0v) is 13.7. The van der Waals surface area contributed by atoms with Crippen molar-refractivity contribution in [2.45, 2.75) is 39.9 Å². The number of hydrogen-bond donors (Lipinski definition) is 1. The first-order valence-electron chi connectivity index (χ1n) is 8.24. The number of amides is 2. The van der Waals surface area contributed by atoms with Crippen LogP contribution in [0.3, 0.4) is 0 Å². The standard InChI is InChI=1S/C16H24N4O3/c1-11(2)16(22)19-4-5-20-14(9-19)7-13(18-20)8-17-15(21)12-3-6-23-10-12/h7,11-12H,3-6,8-10H2,1-2H3,(H,17,21)/t12-/m0/s1. The summed E-state index contributed by atoms with van der Waals surface area (Å²) in [6.07, 6.45) is 0.789. The van der Waals surface area contributed by atoms with Gasteiger partial charge in [-0.3, -0.25) is 14.3 Å². The van der Waals surface area contributed by atoms with Crippen molar-refractivity contribution >= 4 is 11.8 Å². The molecule has 0 unspecified atom stereocenters. The number of ether oxygens (including phenoxy) is 1. The average molecular weight is 320 g/mol. The smallest absolute Gasteiger partial charge is 0.225 e. The summed E-state index contributed by atoms with van der Waals surface area (Å²) >= 11 is 0. The highest BCUT2D eigenvalue weighted by Gasteiger charge is 2.25. The number of hydrogen-bond acceptors (Lipinski definition) is 4. The maximum absolute atomic E-state index is 12.1. The number of fused-ring (bicyclic) bond motifs is 1. The predicted molar refractivity (Wildman–Crippen MR) is 83.3 cm³/mol. The normalized spacial score (nSPS) is 20.7. The lowest BCUT2D eigenvalue weighted by atomic mass is 10.1. The molecule has 1 atom stereocenters. The third-order valence-corrected chi connectivity index (χ3v) is 4.40. The molecule has 2 aliphatic heterocycles. The summed E-state index contributed by atoms with van der Waals surface area (Å²) in [6.45, 7) is 7.43. The summed E-state index contributed by atoms with van der Waals surface area (Å²) in [7, 11) is 0. The Morgan fingerprint density at radius 3 is 2.96 bits per heavy atom. The summed E-state index contributed by atoms with van der Waals surface area (Å²) in [4.78, 5) is 26.0. The molecule has 0 radical (unpaired) electrons.